The topological polar surface area (TPSA) is 41.7 Å². The van der Waals surface area contributed by atoms with Gasteiger partial charge in [-0.2, -0.15) is 0 Å². The van der Waals surface area contributed by atoms with Gasteiger partial charge in [-0.15, -0.1) is 0 Å². The van der Waals surface area contributed by atoms with Gasteiger partial charge in [0.05, 0.1) is 7.11 Å². The van der Waals surface area contributed by atoms with Crippen molar-refractivity contribution in [1.29, 1.82) is 0 Å². The van der Waals surface area contributed by atoms with Gasteiger partial charge in [0.15, 0.2) is 0 Å². The van der Waals surface area contributed by atoms with Crippen molar-refractivity contribution < 1.29 is 4.74 Å². The Labute approximate surface area is 128 Å². The maximum absolute atomic E-state index is 6.43. The summed E-state index contributed by atoms with van der Waals surface area (Å²) in [5.41, 5.74) is 8.77. The van der Waals surface area contributed by atoms with Crippen LogP contribution in [0.15, 0.2) is 18.2 Å². The van der Waals surface area contributed by atoms with E-state index in [0.29, 0.717) is 6.04 Å². The van der Waals surface area contributed by atoms with Crippen LogP contribution in [-0.4, -0.2) is 55.7 Å². The molecule has 1 aliphatic rings. The van der Waals surface area contributed by atoms with Crippen molar-refractivity contribution in [2.45, 2.75) is 32.9 Å². The van der Waals surface area contributed by atoms with Crippen LogP contribution in [0, 0.1) is 6.92 Å². The third kappa shape index (κ3) is 4.19. The van der Waals surface area contributed by atoms with Crippen LogP contribution < -0.4 is 10.5 Å². The number of rotatable bonds is 5. The molecular weight excluding hydrogens is 262 g/mol. The molecule has 1 aromatic rings. The maximum Gasteiger partial charge on any atom is 0.123 e. The Bertz CT molecular complexity index is 453. The molecule has 0 amide bonds. The number of methoxy groups -OCH3 is 1. The fourth-order valence-corrected chi connectivity index (χ4v) is 2.98. The fourth-order valence-electron chi connectivity index (χ4n) is 2.98. The monoisotopic (exact) mass is 291 g/mol. The molecule has 2 rings (SSSR count). The second-order valence-corrected chi connectivity index (χ2v) is 6.28. The first-order valence-electron chi connectivity index (χ1n) is 7.87. The number of piperazine rings is 1. The molecule has 1 saturated heterocycles. The number of nitrogens with two attached hydrogens (primary N) is 1. The van der Waals surface area contributed by atoms with E-state index in [1.807, 2.05) is 6.07 Å². The van der Waals surface area contributed by atoms with Gasteiger partial charge in [0, 0.05) is 50.4 Å². The summed E-state index contributed by atoms with van der Waals surface area (Å²) in [6, 6.07) is 6.87. The molecule has 0 saturated carbocycles. The molecule has 21 heavy (non-hydrogen) atoms. The molecule has 118 valence electrons. The predicted octanol–water partition coefficient (Wildman–Crippen LogP) is 2.03. The number of hydrogen-bond donors (Lipinski definition) is 1. The van der Waals surface area contributed by atoms with E-state index in [-0.39, 0.29) is 6.04 Å². The van der Waals surface area contributed by atoms with Crippen molar-refractivity contribution in [1.82, 2.24) is 9.80 Å². The Hall–Kier alpha value is -1.10. The van der Waals surface area contributed by atoms with Crippen molar-refractivity contribution in [3.8, 4) is 5.75 Å². The highest BCUT2D eigenvalue weighted by atomic mass is 16.5. The molecule has 1 unspecified atom stereocenters. The van der Waals surface area contributed by atoms with Gasteiger partial charge >= 0.3 is 0 Å². The summed E-state index contributed by atoms with van der Waals surface area (Å²) in [6.07, 6.45) is 0. The molecule has 4 nitrogen and oxygen atoms in total. The summed E-state index contributed by atoms with van der Waals surface area (Å²) in [7, 11) is 1.71. The Morgan fingerprint density at radius 1 is 1.19 bits per heavy atom. The third-order valence-electron chi connectivity index (χ3n) is 4.38. The molecule has 0 aliphatic carbocycles. The molecule has 1 aromatic carbocycles. The van der Waals surface area contributed by atoms with Crippen LogP contribution in [0.25, 0.3) is 0 Å². The highest BCUT2D eigenvalue weighted by Crippen LogP contribution is 2.25. The number of benzene rings is 1. The largest absolute Gasteiger partial charge is 0.496 e. The molecule has 0 bridgehead atoms. The van der Waals surface area contributed by atoms with Crippen LogP contribution >= 0.6 is 0 Å². The Balaban J connectivity index is 1.96. The SMILES string of the molecule is COc1ccc(C)cc1C(N)CN1CCN(C(C)C)CC1. The molecular formula is C17H29N3O. The van der Waals surface area contributed by atoms with Crippen LogP contribution in [0.4, 0.5) is 0 Å². The molecule has 0 aromatic heterocycles. The first-order chi connectivity index (χ1) is 10.0. The molecule has 0 radical (unpaired) electrons. The molecule has 0 spiro atoms. The summed E-state index contributed by atoms with van der Waals surface area (Å²) < 4.78 is 5.45. The van der Waals surface area contributed by atoms with E-state index in [2.05, 4.69) is 42.7 Å². The van der Waals surface area contributed by atoms with Crippen LogP contribution in [0.2, 0.25) is 0 Å². The Morgan fingerprint density at radius 3 is 2.43 bits per heavy atom. The van der Waals surface area contributed by atoms with Crippen molar-refractivity contribution in [2.24, 2.45) is 5.73 Å². The van der Waals surface area contributed by atoms with E-state index < -0.39 is 0 Å². The van der Waals surface area contributed by atoms with E-state index in [9.17, 15) is 0 Å². The first kappa shape index (κ1) is 16.3. The van der Waals surface area contributed by atoms with Gasteiger partial charge in [0.25, 0.3) is 0 Å². The lowest BCUT2D eigenvalue weighted by Crippen LogP contribution is -2.50. The van der Waals surface area contributed by atoms with Crippen molar-refractivity contribution >= 4 is 0 Å². The van der Waals surface area contributed by atoms with Crippen molar-refractivity contribution in [2.75, 3.05) is 39.8 Å². The molecule has 4 heteroatoms. The van der Waals surface area contributed by atoms with E-state index in [1.165, 1.54) is 5.56 Å². The Kier molecular flexibility index (Phi) is 5.62. The summed E-state index contributed by atoms with van der Waals surface area (Å²) in [5, 5.41) is 0. The van der Waals surface area contributed by atoms with Crippen LogP contribution in [0.1, 0.15) is 31.0 Å². The number of aryl methyl sites for hydroxylation is 1. The maximum atomic E-state index is 6.43. The summed E-state index contributed by atoms with van der Waals surface area (Å²) in [5.74, 6) is 0.897. The van der Waals surface area contributed by atoms with E-state index in [4.69, 9.17) is 10.5 Å². The van der Waals surface area contributed by atoms with Gasteiger partial charge < -0.3 is 10.5 Å². The van der Waals surface area contributed by atoms with Crippen LogP contribution in [-0.2, 0) is 0 Å². The lowest BCUT2D eigenvalue weighted by atomic mass is 10.0. The molecule has 1 heterocycles. The number of nitrogens with zero attached hydrogens (tertiary/aromatic N) is 2. The average molecular weight is 291 g/mol. The van der Waals surface area contributed by atoms with Crippen molar-refractivity contribution in [3.63, 3.8) is 0 Å². The Morgan fingerprint density at radius 2 is 1.86 bits per heavy atom. The quantitative estimate of drug-likeness (QED) is 0.901. The van der Waals surface area contributed by atoms with Gasteiger partial charge in [-0.1, -0.05) is 17.7 Å². The standard InChI is InChI=1S/C17H29N3O/c1-13(2)20-9-7-19(8-10-20)12-16(18)15-11-14(3)5-6-17(15)21-4/h5-6,11,13,16H,7-10,12,18H2,1-4H3. The van der Waals surface area contributed by atoms with Gasteiger partial charge in [-0.3, -0.25) is 9.80 Å². The minimum absolute atomic E-state index is 0.00505. The first-order valence-corrected chi connectivity index (χ1v) is 7.87. The highest BCUT2D eigenvalue weighted by Gasteiger charge is 2.21. The zero-order valence-corrected chi connectivity index (χ0v) is 13.8. The molecule has 2 N–H and O–H groups in total. The summed E-state index contributed by atoms with van der Waals surface area (Å²) in [4.78, 5) is 4.99. The second kappa shape index (κ2) is 7.25. The molecule has 1 atom stereocenters. The van der Waals surface area contributed by atoms with Gasteiger partial charge in [0.2, 0.25) is 0 Å². The second-order valence-electron chi connectivity index (χ2n) is 6.28. The van der Waals surface area contributed by atoms with Gasteiger partial charge in [-0.25, -0.2) is 0 Å². The minimum atomic E-state index is 0.00505. The highest BCUT2D eigenvalue weighted by molar-refractivity contribution is 5.39. The van der Waals surface area contributed by atoms with E-state index in [1.54, 1.807) is 7.11 Å². The van der Waals surface area contributed by atoms with Gasteiger partial charge in [-0.05, 0) is 26.8 Å². The lowest BCUT2D eigenvalue weighted by molar-refractivity contribution is 0.104. The average Bonchev–Trinajstić information content (AvgIpc) is 2.47. The zero-order chi connectivity index (χ0) is 15.4. The fraction of sp³-hybridized carbons (Fsp3) is 0.647. The number of hydrogen-bond acceptors (Lipinski definition) is 4. The van der Waals surface area contributed by atoms with Crippen LogP contribution in [0.3, 0.4) is 0 Å². The summed E-state index contributed by atoms with van der Waals surface area (Å²) in [6.45, 7) is 12.0. The zero-order valence-electron chi connectivity index (χ0n) is 13.8. The number of ether oxygens (including phenoxy) is 1. The molecule has 1 fully saturated rings. The van der Waals surface area contributed by atoms with Crippen molar-refractivity contribution in [3.05, 3.63) is 29.3 Å². The van der Waals surface area contributed by atoms with E-state index in [0.717, 1.165) is 44.0 Å². The lowest BCUT2D eigenvalue weighted by Gasteiger charge is -2.38. The van der Waals surface area contributed by atoms with Crippen LogP contribution in [0.5, 0.6) is 5.75 Å². The van der Waals surface area contributed by atoms with Gasteiger partial charge in [0.1, 0.15) is 5.75 Å². The van der Waals surface area contributed by atoms with E-state index >= 15 is 0 Å². The predicted molar refractivity (Wildman–Crippen MR) is 87.8 cm³/mol. The summed E-state index contributed by atoms with van der Waals surface area (Å²) >= 11 is 0. The normalized spacial score (nSPS) is 19.0. The molecule has 1 aliphatic heterocycles. The third-order valence-corrected chi connectivity index (χ3v) is 4.38. The minimum Gasteiger partial charge on any atom is -0.496 e. The smallest absolute Gasteiger partial charge is 0.123 e.